The molecule has 2 atom stereocenters. The fourth-order valence-corrected chi connectivity index (χ4v) is 7.90. The van der Waals surface area contributed by atoms with Gasteiger partial charge in [-0.15, -0.1) is 0 Å². The van der Waals surface area contributed by atoms with Gasteiger partial charge < -0.3 is 25.2 Å². The van der Waals surface area contributed by atoms with E-state index in [4.69, 9.17) is 9.47 Å². The molecule has 0 bridgehead atoms. The van der Waals surface area contributed by atoms with Gasteiger partial charge in [-0.1, -0.05) is 42.5 Å². The number of halogens is 1. The molecule has 3 aromatic rings. The van der Waals surface area contributed by atoms with E-state index < -0.39 is 32.5 Å². The Labute approximate surface area is 241 Å². The number of carboxylic acid groups (broad SMARTS) is 1. The molecule has 11 heteroatoms. The molecule has 1 amide bonds. The lowest BCUT2D eigenvalue weighted by atomic mass is 9.96. The maximum atomic E-state index is 13.9. The Bertz CT molecular complexity index is 1460. The fraction of sp³-hybridized carbons (Fsp3) is 0.310. The molecule has 0 saturated carbocycles. The summed E-state index contributed by atoms with van der Waals surface area (Å²) in [7, 11) is -1.05. The molecule has 0 radical (unpaired) electrons. The molecular formula is C29H31BrN2O7S. The number of piperidine rings is 1. The predicted octanol–water partition coefficient (Wildman–Crippen LogP) is 3.84. The SMILES string of the molecule is COc1cccc(OC)c1-c1ccc(C[C@H](NC(=O)C2(S(=O)(=O)c3ccccc3Br)CCCNC2)C(=O)O)cc1. The van der Waals surface area contributed by atoms with E-state index in [1.165, 1.54) is 6.07 Å². The number of nitrogens with one attached hydrogen (secondary N) is 2. The van der Waals surface area contributed by atoms with Crippen molar-refractivity contribution < 1.29 is 32.6 Å². The van der Waals surface area contributed by atoms with Crippen LogP contribution in [0.5, 0.6) is 11.5 Å². The second kappa shape index (κ2) is 12.4. The Kier molecular flexibility index (Phi) is 9.17. The average molecular weight is 632 g/mol. The van der Waals surface area contributed by atoms with Gasteiger partial charge >= 0.3 is 5.97 Å². The lowest BCUT2D eigenvalue weighted by Crippen LogP contribution is -2.62. The smallest absolute Gasteiger partial charge is 0.326 e. The van der Waals surface area contributed by atoms with Gasteiger partial charge in [0.1, 0.15) is 17.5 Å². The number of aliphatic carboxylic acids is 1. The number of amides is 1. The van der Waals surface area contributed by atoms with Crippen LogP contribution in [0.15, 0.2) is 76.1 Å². The fourth-order valence-electron chi connectivity index (χ4n) is 4.96. The molecule has 9 nitrogen and oxygen atoms in total. The van der Waals surface area contributed by atoms with Gasteiger partial charge in [-0.3, -0.25) is 4.79 Å². The third kappa shape index (κ3) is 5.72. The zero-order chi connectivity index (χ0) is 28.9. The van der Waals surface area contributed by atoms with Gasteiger partial charge in [0, 0.05) is 17.4 Å². The number of hydrogen-bond acceptors (Lipinski definition) is 7. The Morgan fingerprint density at radius 2 is 1.68 bits per heavy atom. The molecule has 1 unspecified atom stereocenters. The van der Waals surface area contributed by atoms with Gasteiger partial charge in [-0.2, -0.15) is 0 Å². The van der Waals surface area contributed by atoms with Gasteiger partial charge in [0.05, 0.1) is 24.7 Å². The predicted molar refractivity (Wildman–Crippen MR) is 154 cm³/mol. The van der Waals surface area contributed by atoms with Gasteiger partial charge in [-0.25, -0.2) is 13.2 Å². The maximum absolute atomic E-state index is 13.9. The van der Waals surface area contributed by atoms with Crippen LogP contribution in [0.2, 0.25) is 0 Å². The van der Waals surface area contributed by atoms with Crippen LogP contribution in [-0.4, -0.2) is 63.5 Å². The van der Waals surface area contributed by atoms with Crippen molar-refractivity contribution in [3.05, 3.63) is 76.8 Å². The van der Waals surface area contributed by atoms with Crippen LogP contribution < -0.4 is 20.1 Å². The first-order valence-corrected chi connectivity index (χ1v) is 15.0. The van der Waals surface area contributed by atoms with Gasteiger partial charge in [0.2, 0.25) is 5.91 Å². The summed E-state index contributed by atoms with van der Waals surface area (Å²) >= 11 is 3.29. The summed E-state index contributed by atoms with van der Waals surface area (Å²) in [5.74, 6) is -0.847. The summed E-state index contributed by atoms with van der Waals surface area (Å²) in [6.45, 7) is 0.441. The molecule has 1 fully saturated rings. The van der Waals surface area contributed by atoms with E-state index in [2.05, 4.69) is 26.6 Å². The van der Waals surface area contributed by atoms with Crippen LogP contribution in [0, 0.1) is 0 Å². The largest absolute Gasteiger partial charge is 0.496 e. The van der Waals surface area contributed by atoms with Crippen molar-refractivity contribution in [2.75, 3.05) is 27.3 Å². The van der Waals surface area contributed by atoms with Crippen LogP contribution in [0.3, 0.4) is 0 Å². The highest BCUT2D eigenvalue weighted by Gasteiger charge is 2.53. The highest BCUT2D eigenvalue weighted by atomic mass is 79.9. The Morgan fingerprint density at radius 1 is 1.02 bits per heavy atom. The lowest BCUT2D eigenvalue weighted by Gasteiger charge is -2.36. The lowest BCUT2D eigenvalue weighted by molar-refractivity contribution is -0.142. The van der Waals surface area contributed by atoms with E-state index in [1.807, 2.05) is 30.3 Å². The van der Waals surface area contributed by atoms with E-state index >= 15 is 0 Å². The van der Waals surface area contributed by atoms with Crippen molar-refractivity contribution in [2.45, 2.75) is 34.9 Å². The molecule has 1 saturated heterocycles. The topological polar surface area (TPSA) is 131 Å². The molecule has 0 aromatic heterocycles. The molecular weight excluding hydrogens is 600 g/mol. The molecule has 0 aliphatic carbocycles. The van der Waals surface area contributed by atoms with E-state index in [0.29, 0.717) is 34.5 Å². The van der Waals surface area contributed by atoms with Crippen molar-refractivity contribution in [2.24, 2.45) is 0 Å². The zero-order valence-electron chi connectivity index (χ0n) is 22.1. The number of carbonyl (C=O) groups excluding carboxylic acids is 1. The number of ether oxygens (including phenoxy) is 2. The molecule has 0 spiro atoms. The second-order valence-electron chi connectivity index (χ2n) is 9.51. The first-order valence-electron chi connectivity index (χ1n) is 12.7. The van der Waals surface area contributed by atoms with Crippen molar-refractivity contribution in [3.8, 4) is 22.6 Å². The van der Waals surface area contributed by atoms with E-state index in [-0.39, 0.29) is 24.3 Å². The Morgan fingerprint density at radius 3 is 2.23 bits per heavy atom. The van der Waals surface area contributed by atoms with Crippen LogP contribution in [-0.2, 0) is 25.8 Å². The summed E-state index contributed by atoms with van der Waals surface area (Å²) in [6.07, 6.45) is 0.475. The van der Waals surface area contributed by atoms with Gasteiger partial charge in [0.25, 0.3) is 0 Å². The molecule has 1 heterocycles. The summed E-state index contributed by atoms with van der Waals surface area (Å²) < 4.78 is 37.2. The number of rotatable bonds is 10. The molecule has 1 aliphatic heterocycles. The molecule has 212 valence electrons. The van der Waals surface area contributed by atoms with Crippen LogP contribution in [0.25, 0.3) is 11.1 Å². The highest BCUT2D eigenvalue weighted by molar-refractivity contribution is 9.10. The molecule has 3 aromatic carbocycles. The minimum atomic E-state index is -4.19. The number of sulfone groups is 1. The quantitative estimate of drug-likeness (QED) is 0.308. The van der Waals surface area contributed by atoms with E-state index in [1.54, 1.807) is 44.6 Å². The summed E-state index contributed by atoms with van der Waals surface area (Å²) in [4.78, 5) is 25.9. The third-order valence-electron chi connectivity index (χ3n) is 7.11. The molecule has 1 aliphatic rings. The van der Waals surface area contributed by atoms with Crippen molar-refractivity contribution in [1.82, 2.24) is 10.6 Å². The molecule has 40 heavy (non-hydrogen) atoms. The van der Waals surface area contributed by atoms with Crippen LogP contribution in [0.1, 0.15) is 18.4 Å². The van der Waals surface area contributed by atoms with Gasteiger partial charge in [0.15, 0.2) is 14.6 Å². The van der Waals surface area contributed by atoms with Crippen molar-refractivity contribution in [3.63, 3.8) is 0 Å². The van der Waals surface area contributed by atoms with E-state index in [9.17, 15) is 23.1 Å². The standard InChI is InChI=1S/C29H31BrN2O7S/c1-38-23-8-5-9-24(39-2)26(23)20-13-11-19(12-14-20)17-22(27(33)34)32-28(35)29(15-6-16-31-18-29)40(36,37)25-10-4-3-7-21(25)30/h3-5,7-14,22,31H,6,15-18H2,1-2H3,(H,32,35)(H,33,34)/t22-,29?/m0/s1. The van der Waals surface area contributed by atoms with Crippen molar-refractivity contribution >= 4 is 37.6 Å². The normalized spacial score (nSPS) is 18.0. The minimum absolute atomic E-state index is 0.0110. The molecule has 3 N–H and O–H groups in total. The van der Waals surface area contributed by atoms with Gasteiger partial charge in [-0.05, 0) is 70.7 Å². The number of methoxy groups -OCH3 is 2. The molecule has 4 rings (SSSR count). The van der Waals surface area contributed by atoms with Crippen LogP contribution in [0.4, 0.5) is 0 Å². The first-order chi connectivity index (χ1) is 19.1. The average Bonchev–Trinajstić information content (AvgIpc) is 2.97. The van der Waals surface area contributed by atoms with Crippen LogP contribution >= 0.6 is 15.9 Å². The summed E-state index contributed by atoms with van der Waals surface area (Å²) in [6, 6.07) is 17.6. The maximum Gasteiger partial charge on any atom is 0.326 e. The Balaban J connectivity index is 1.60. The Hall–Kier alpha value is -3.41. The summed E-state index contributed by atoms with van der Waals surface area (Å²) in [5, 5.41) is 15.5. The number of benzene rings is 3. The van der Waals surface area contributed by atoms with Crippen molar-refractivity contribution in [1.29, 1.82) is 0 Å². The van der Waals surface area contributed by atoms with E-state index in [0.717, 1.165) is 11.1 Å². The summed E-state index contributed by atoms with van der Waals surface area (Å²) in [5.41, 5.74) is 2.21. The number of carbonyl (C=O) groups is 2. The number of carboxylic acids is 1. The third-order valence-corrected chi connectivity index (χ3v) is 10.6. The number of hydrogen-bond donors (Lipinski definition) is 3. The first kappa shape index (κ1) is 29.6. The monoisotopic (exact) mass is 630 g/mol. The second-order valence-corrected chi connectivity index (χ2v) is 12.6. The minimum Gasteiger partial charge on any atom is -0.496 e. The highest BCUT2D eigenvalue weighted by Crippen LogP contribution is 2.38. The zero-order valence-corrected chi connectivity index (χ0v) is 24.5.